The highest BCUT2D eigenvalue weighted by Crippen LogP contribution is 2.61. The number of carbonyl (C=O) groups is 1. The number of nitrogens with zero attached hydrogens (tertiary/aromatic N) is 3. The van der Waals surface area contributed by atoms with Crippen molar-refractivity contribution in [1.82, 2.24) is 15.1 Å². The van der Waals surface area contributed by atoms with E-state index >= 15 is 0 Å². The van der Waals surface area contributed by atoms with Crippen LogP contribution in [-0.4, -0.2) is 27.2 Å². The van der Waals surface area contributed by atoms with Crippen LogP contribution in [0.4, 0.5) is 5.69 Å². The van der Waals surface area contributed by atoms with Crippen molar-refractivity contribution in [3.05, 3.63) is 22.5 Å². The Morgan fingerprint density at radius 2 is 1.92 bits per heavy atom. The Morgan fingerprint density at radius 1 is 1.29 bits per heavy atom. The van der Waals surface area contributed by atoms with Crippen molar-refractivity contribution in [1.29, 1.82) is 0 Å². The van der Waals surface area contributed by atoms with Gasteiger partial charge in [-0.3, -0.25) is 19.6 Å². The van der Waals surface area contributed by atoms with Crippen LogP contribution < -0.4 is 5.32 Å². The van der Waals surface area contributed by atoms with Gasteiger partial charge in [0.15, 0.2) is 0 Å². The van der Waals surface area contributed by atoms with Crippen molar-refractivity contribution in [2.45, 2.75) is 51.5 Å². The summed E-state index contributed by atoms with van der Waals surface area (Å²) in [4.78, 5) is 22.5. The molecule has 0 unspecified atom stereocenters. The quantitative estimate of drug-likeness (QED) is 0.640. The molecule has 130 valence electrons. The molecule has 1 amide bonds. The summed E-state index contributed by atoms with van der Waals surface area (Å²) in [6, 6.07) is 0. The molecule has 0 spiro atoms. The first-order valence-corrected chi connectivity index (χ1v) is 8.95. The van der Waals surface area contributed by atoms with Gasteiger partial charge in [-0.25, -0.2) is 0 Å². The van der Waals surface area contributed by atoms with Crippen LogP contribution in [-0.2, 0) is 11.3 Å². The lowest BCUT2D eigenvalue weighted by atomic mass is 9.49. The first kappa shape index (κ1) is 15.6. The molecule has 4 bridgehead atoms. The van der Waals surface area contributed by atoms with Crippen LogP contribution in [0.3, 0.4) is 0 Å². The van der Waals surface area contributed by atoms with Crippen LogP contribution >= 0.6 is 0 Å². The zero-order valence-electron chi connectivity index (χ0n) is 13.8. The summed E-state index contributed by atoms with van der Waals surface area (Å²) in [7, 11) is 0. The summed E-state index contributed by atoms with van der Waals surface area (Å²) in [5, 5.41) is 17.5. The highest BCUT2D eigenvalue weighted by atomic mass is 16.6. The summed E-state index contributed by atoms with van der Waals surface area (Å²) in [5.41, 5.74) is 0.235. The summed E-state index contributed by atoms with van der Waals surface area (Å²) in [5.74, 6) is 2.69. The third-order valence-electron chi connectivity index (χ3n) is 6.19. The highest BCUT2D eigenvalue weighted by Gasteiger charge is 2.51. The lowest BCUT2D eigenvalue weighted by molar-refractivity contribution is -0.385. The van der Waals surface area contributed by atoms with Crippen LogP contribution in [0, 0.1) is 33.3 Å². The molecule has 1 aromatic heterocycles. The second-order valence-electron chi connectivity index (χ2n) is 8.16. The van der Waals surface area contributed by atoms with Gasteiger partial charge in [0.25, 0.3) is 0 Å². The number of nitrogens with one attached hydrogen (secondary N) is 1. The third-order valence-corrected chi connectivity index (χ3v) is 6.19. The maximum Gasteiger partial charge on any atom is 0.306 e. The van der Waals surface area contributed by atoms with E-state index in [1.165, 1.54) is 55.6 Å². The fourth-order valence-electron chi connectivity index (χ4n) is 5.79. The predicted octanol–water partition coefficient (Wildman–Crippen LogP) is 2.51. The van der Waals surface area contributed by atoms with Gasteiger partial charge in [-0.05, 0) is 61.7 Å². The number of carbonyl (C=O) groups excluding carboxylic acids is 1. The maximum atomic E-state index is 12.4. The molecule has 7 nitrogen and oxygen atoms in total. The Bertz CT molecular complexity index is 619. The molecule has 4 fully saturated rings. The van der Waals surface area contributed by atoms with Gasteiger partial charge in [0.05, 0.1) is 11.5 Å². The molecule has 0 atom stereocenters. The molecule has 7 heteroatoms. The number of amides is 1. The zero-order chi connectivity index (χ0) is 16.7. The van der Waals surface area contributed by atoms with Gasteiger partial charge >= 0.3 is 5.69 Å². The minimum atomic E-state index is -0.463. The van der Waals surface area contributed by atoms with E-state index in [2.05, 4.69) is 10.4 Å². The molecule has 4 aliphatic carbocycles. The SMILES string of the molecule is O=C(CC12CC3CC(CC(C3)C1)C2)NCCn1cc([N+](=O)[O-])cn1. The molecule has 5 rings (SSSR count). The van der Waals surface area contributed by atoms with Crippen molar-refractivity contribution in [3.8, 4) is 0 Å². The van der Waals surface area contributed by atoms with Gasteiger partial charge in [0.1, 0.15) is 12.4 Å². The van der Waals surface area contributed by atoms with Crippen LogP contribution in [0.2, 0.25) is 0 Å². The van der Waals surface area contributed by atoms with Gasteiger partial charge in [0.2, 0.25) is 5.91 Å². The van der Waals surface area contributed by atoms with Crippen LogP contribution in [0.15, 0.2) is 12.4 Å². The average Bonchev–Trinajstić information content (AvgIpc) is 2.94. The Morgan fingerprint density at radius 3 is 2.46 bits per heavy atom. The van der Waals surface area contributed by atoms with E-state index in [1.807, 2.05) is 0 Å². The first-order valence-electron chi connectivity index (χ1n) is 8.95. The van der Waals surface area contributed by atoms with Crippen LogP contribution in [0.25, 0.3) is 0 Å². The monoisotopic (exact) mass is 332 g/mol. The molecule has 0 saturated heterocycles. The molecule has 1 N–H and O–H groups in total. The lowest BCUT2D eigenvalue weighted by Gasteiger charge is -2.56. The molecule has 1 heterocycles. The van der Waals surface area contributed by atoms with E-state index in [9.17, 15) is 14.9 Å². The second-order valence-corrected chi connectivity index (χ2v) is 8.16. The van der Waals surface area contributed by atoms with E-state index in [4.69, 9.17) is 0 Å². The van der Waals surface area contributed by atoms with Crippen molar-refractivity contribution in [2.75, 3.05) is 6.54 Å². The first-order chi connectivity index (χ1) is 11.5. The summed E-state index contributed by atoms with van der Waals surface area (Å²) in [6.07, 6.45) is 11.1. The minimum absolute atomic E-state index is 0.0186. The Kier molecular flexibility index (Phi) is 3.81. The molecule has 4 aliphatic rings. The number of nitro groups is 1. The van der Waals surface area contributed by atoms with E-state index in [1.54, 1.807) is 0 Å². The summed E-state index contributed by atoms with van der Waals surface area (Å²) < 4.78 is 1.50. The topological polar surface area (TPSA) is 90.1 Å². The van der Waals surface area contributed by atoms with Gasteiger partial charge in [-0.15, -0.1) is 0 Å². The summed E-state index contributed by atoms with van der Waals surface area (Å²) in [6.45, 7) is 0.921. The van der Waals surface area contributed by atoms with Crippen molar-refractivity contribution >= 4 is 11.6 Å². The zero-order valence-corrected chi connectivity index (χ0v) is 13.8. The van der Waals surface area contributed by atoms with Gasteiger partial charge in [0, 0.05) is 13.0 Å². The van der Waals surface area contributed by atoms with Gasteiger partial charge in [-0.1, -0.05) is 0 Å². The normalized spacial score (nSPS) is 33.6. The summed E-state index contributed by atoms with van der Waals surface area (Å²) >= 11 is 0. The molecule has 0 radical (unpaired) electrons. The minimum Gasteiger partial charge on any atom is -0.354 e. The van der Waals surface area contributed by atoms with Crippen molar-refractivity contribution < 1.29 is 9.72 Å². The number of hydrogen-bond acceptors (Lipinski definition) is 4. The van der Waals surface area contributed by atoms with E-state index < -0.39 is 4.92 Å². The van der Waals surface area contributed by atoms with Crippen molar-refractivity contribution in [3.63, 3.8) is 0 Å². The molecular weight excluding hydrogens is 308 g/mol. The van der Waals surface area contributed by atoms with E-state index in [0.29, 0.717) is 19.5 Å². The smallest absolute Gasteiger partial charge is 0.306 e. The maximum absolute atomic E-state index is 12.4. The molecule has 4 saturated carbocycles. The van der Waals surface area contributed by atoms with Crippen LogP contribution in [0.5, 0.6) is 0 Å². The Balaban J connectivity index is 1.27. The number of aromatic nitrogens is 2. The largest absolute Gasteiger partial charge is 0.354 e. The van der Waals surface area contributed by atoms with E-state index in [0.717, 1.165) is 17.8 Å². The van der Waals surface area contributed by atoms with E-state index in [-0.39, 0.29) is 17.0 Å². The lowest BCUT2D eigenvalue weighted by Crippen LogP contribution is -2.48. The molecule has 0 aromatic carbocycles. The average molecular weight is 332 g/mol. The fraction of sp³-hybridized carbons (Fsp3) is 0.765. The predicted molar refractivity (Wildman–Crippen MR) is 87.1 cm³/mol. The molecule has 1 aromatic rings. The standard InChI is InChI=1S/C17H24N4O3/c22-16(18-1-2-20-11-15(10-19-20)21(23)24)9-17-6-12-3-13(7-17)5-14(4-12)8-17/h10-14H,1-9H2,(H,18,22). The van der Waals surface area contributed by atoms with Crippen LogP contribution in [0.1, 0.15) is 44.9 Å². The Labute approximate surface area is 140 Å². The molecular formula is C17H24N4O3. The third kappa shape index (κ3) is 3.03. The fourth-order valence-corrected chi connectivity index (χ4v) is 5.79. The van der Waals surface area contributed by atoms with Gasteiger partial charge < -0.3 is 5.32 Å². The van der Waals surface area contributed by atoms with Crippen molar-refractivity contribution in [2.24, 2.45) is 23.2 Å². The molecule has 24 heavy (non-hydrogen) atoms. The Hall–Kier alpha value is -1.92. The molecule has 0 aliphatic heterocycles. The highest BCUT2D eigenvalue weighted by molar-refractivity contribution is 5.76. The second kappa shape index (κ2) is 5.86. The number of rotatable bonds is 6. The number of hydrogen-bond donors (Lipinski definition) is 1. The van der Waals surface area contributed by atoms with Gasteiger partial charge in [-0.2, -0.15) is 5.10 Å².